The molecule has 1 aromatic carbocycles. The van der Waals surface area contributed by atoms with Crippen LogP contribution in [0.15, 0.2) is 42.5 Å². The Labute approximate surface area is 117 Å². The summed E-state index contributed by atoms with van der Waals surface area (Å²) in [6.45, 7) is 0.632. The fourth-order valence-electron chi connectivity index (χ4n) is 1.67. The van der Waals surface area contributed by atoms with Crippen molar-refractivity contribution in [1.82, 2.24) is 15.1 Å². The first-order valence-electron chi connectivity index (χ1n) is 5.95. The van der Waals surface area contributed by atoms with E-state index in [0.29, 0.717) is 12.2 Å². The number of hydrogen-bond acceptors (Lipinski definition) is 3. The van der Waals surface area contributed by atoms with Gasteiger partial charge in [-0.1, -0.05) is 41.9 Å². The summed E-state index contributed by atoms with van der Waals surface area (Å²) < 4.78 is 0. The summed E-state index contributed by atoms with van der Waals surface area (Å²) in [6.07, 6.45) is 0.810. The van der Waals surface area contributed by atoms with Crippen molar-refractivity contribution in [3.8, 4) is 0 Å². The van der Waals surface area contributed by atoms with Crippen LogP contribution in [0.3, 0.4) is 0 Å². The van der Waals surface area contributed by atoms with Crippen molar-refractivity contribution in [1.29, 1.82) is 0 Å². The molecule has 5 heteroatoms. The van der Waals surface area contributed by atoms with Crippen molar-refractivity contribution in [2.45, 2.75) is 6.42 Å². The normalized spacial score (nSPS) is 10.2. The summed E-state index contributed by atoms with van der Waals surface area (Å²) in [5, 5.41) is 7.73. The zero-order valence-corrected chi connectivity index (χ0v) is 11.3. The van der Waals surface area contributed by atoms with E-state index in [0.717, 1.165) is 6.42 Å². The van der Waals surface area contributed by atoms with Crippen molar-refractivity contribution in [3.63, 3.8) is 0 Å². The summed E-state index contributed by atoms with van der Waals surface area (Å²) in [7, 11) is 1.75. The molecule has 0 spiro atoms. The van der Waals surface area contributed by atoms with Crippen molar-refractivity contribution < 1.29 is 4.79 Å². The van der Waals surface area contributed by atoms with E-state index in [1.807, 2.05) is 30.3 Å². The molecule has 0 saturated carbocycles. The lowest BCUT2D eigenvalue weighted by Gasteiger charge is -2.16. The topological polar surface area (TPSA) is 46.1 Å². The number of nitrogens with zero attached hydrogens (tertiary/aromatic N) is 3. The van der Waals surface area contributed by atoms with Gasteiger partial charge in [-0.15, -0.1) is 10.2 Å². The highest BCUT2D eigenvalue weighted by molar-refractivity contribution is 6.29. The number of hydrogen-bond donors (Lipinski definition) is 0. The van der Waals surface area contributed by atoms with Gasteiger partial charge in [0, 0.05) is 13.6 Å². The summed E-state index contributed by atoms with van der Waals surface area (Å²) in [5.74, 6) is -0.153. The molecule has 19 heavy (non-hydrogen) atoms. The summed E-state index contributed by atoms with van der Waals surface area (Å²) in [5.41, 5.74) is 1.50. The molecule has 1 amide bonds. The van der Waals surface area contributed by atoms with Crippen molar-refractivity contribution >= 4 is 17.5 Å². The maximum atomic E-state index is 12.1. The van der Waals surface area contributed by atoms with Crippen LogP contribution in [0.2, 0.25) is 5.15 Å². The van der Waals surface area contributed by atoms with Crippen LogP contribution in [0, 0.1) is 0 Å². The minimum Gasteiger partial charge on any atom is -0.340 e. The van der Waals surface area contributed by atoms with Gasteiger partial charge in [0.05, 0.1) is 0 Å². The van der Waals surface area contributed by atoms with Gasteiger partial charge in [-0.3, -0.25) is 4.79 Å². The van der Waals surface area contributed by atoms with Gasteiger partial charge in [0.15, 0.2) is 10.8 Å². The number of halogens is 1. The van der Waals surface area contributed by atoms with Crippen molar-refractivity contribution in [2.75, 3.05) is 13.6 Å². The predicted octanol–water partition coefficient (Wildman–Crippen LogP) is 2.44. The van der Waals surface area contributed by atoms with Crippen LogP contribution < -0.4 is 0 Å². The van der Waals surface area contributed by atoms with E-state index in [-0.39, 0.29) is 11.1 Å². The Bertz CT molecular complexity index is 542. The Kier molecular flexibility index (Phi) is 4.47. The maximum absolute atomic E-state index is 12.1. The molecule has 4 nitrogen and oxygen atoms in total. The highest BCUT2D eigenvalue weighted by Gasteiger charge is 2.13. The molecule has 0 aliphatic rings. The van der Waals surface area contributed by atoms with E-state index in [1.165, 1.54) is 5.56 Å². The number of likely N-dealkylation sites (N-methyl/N-ethyl adjacent to an activating group) is 1. The molecule has 0 bridgehead atoms. The molecular formula is C14H14ClN3O. The smallest absolute Gasteiger partial charge is 0.274 e. The highest BCUT2D eigenvalue weighted by Crippen LogP contribution is 2.06. The van der Waals surface area contributed by atoms with E-state index in [1.54, 1.807) is 24.1 Å². The lowest BCUT2D eigenvalue weighted by atomic mass is 10.1. The number of carbonyl (C=O) groups is 1. The summed E-state index contributed by atoms with van der Waals surface area (Å²) >= 11 is 5.64. The van der Waals surface area contributed by atoms with Crippen LogP contribution in [-0.4, -0.2) is 34.6 Å². The van der Waals surface area contributed by atoms with Gasteiger partial charge >= 0.3 is 0 Å². The third-order valence-corrected chi connectivity index (χ3v) is 2.98. The van der Waals surface area contributed by atoms with Gasteiger partial charge in [0.25, 0.3) is 5.91 Å². The first-order chi connectivity index (χ1) is 9.16. The standard InChI is InChI=1S/C14H14ClN3O/c1-18(10-9-11-5-3-2-4-6-11)14(19)12-7-8-13(15)17-16-12/h2-8H,9-10H2,1H3. The zero-order chi connectivity index (χ0) is 13.7. The second-order valence-corrected chi connectivity index (χ2v) is 4.59. The van der Waals surface area contributed by atoms with E-state index >= 15 is 0 Å². The molecule has 1 aromatic heterocycles. The molecule has 2 rings (SSSR count). The van der Waals surface area contributed by atoms with Crippen LogP contribution in [0.1, 0.15) is 16.1 Å². The van der Waals surface area contributed by atoms with Crippen molar-refractivity contribution in [3.05, 3.63) is 58.9 Å². The average molecular weight is 276 g/mol. The predicted molar refractivity (Wildman–Crippen MR) is 74.1 cm³/mol. The van der Waals surface area contributed by atoms with Crippen LogP contribution >= 0.6 is 11.6 Å². The molecule has 0 unspecified atom stereocenters. The molecule has 0 fully saturated rings. The molecule has 0 radical (unpaired) electrons. The molecule has 0 aliphatic heterocycles. The van der Waals surface area contributed by atoms with Crippen LogP contribution in [0.4, 0.5) is 0 Å². The number of carbonyl (C=O) groups excluding carboxylic acids is 1. The summed E-state index contributed by atoms with van der Waals surface area (Å²) in [4.78, 5) is 13.7. The third-order valence-electron chi connectivity index (χ3n) is 2.78. The zero-order valence-electron chi connectivity index (χ0n) is 10.6. The fraction of sp³-hybridized carbons (Fsp3) is 0.214. The monoisotopic (exact) mass is 275 g/mol. The first-order valence-corrected chi connectivity index (χ1v) is 6.33. The van der Waals surface area contributed by atoms with Gasteiger partial charge in [-0.25, -0.2) is 0 Å². The summed E-state index contributed by atoms with van der Waals surface area (Å²) in [6, 6.07) is 13.2. The van der Waals surface area contributed by atoms with E-state index in [4.69, 9.17) is 11.6 Å². The lowest BCUT2D eigenvalue weighted by Crippen LogP contribution is -2.29. The first kappa shape index (κ1) is 13.5. The van der Waals surface area contributed by atoms with Gasteiger partial charge in [0.1, 0.15) is 0 Å². The molecule has 0 N–H and O–H groups in total. The van der Waals surface area contributed by atoms with Gasteiger partial charge < -0.3 is 4.90 Å². The SMILES string of the molecule is CN(CCc1ccccc1)C(=O)c1ccc(Cl)nn1. The van der Waals surface area contributed by atoms with Gasteiger partial charge in [-0.05, 0) is 24.1 Å². The van der Waals surface area contributed by atoms with Crippen LogP contribution in [0.25, 0.3) is 0 Å². The highest BCUT2D eigenvalue weighted by atomic mass is 35.5. The Balaban J connectivity index is 1.94. The number of aromatic nitrogens is 2. The molecule has 0 saturated heterocycles. The third kappa shape index (κ3) is 3.76. The molecule has 2 aromatic rings. The molecule has 0 atom stereocenters. The number of rotatable bonds is 4. The molecule has 98 valence electrons. The maximum Gasteiger partial charge on any atom is 0.274 e. The Morgan fingerprint density at radius 3 is 2.53 bits per heavy atom. The fourth-order valence-corrected chi connectivity index (χ4v) is 1.77. The van der Waals surface area contributed by atoms with Gasteiger partial charge in [0.2, 0.25) is 0 Å². The second-order valence-electron chi connectivity index (χ2n) is 4.20. The number of amides is 1. The minimum atomic E-state index is -0.153. The van der Waals surface area contributed by atoms with Crippen LogP contribution in [-0.2, 0) is 6.42 Å². The molecule has 1 heterocycles. The van der Waals surface area contributed by atoms with E-state index < -0.39 is 0 Å². The minimum absolute atomic E-state index is 0.153. The Morgan fingerprint density at radius 2 is 1.89 bits per heavy atom. The van der Waals surface area contributed by atoms with E-state index in [9.17, 15) is 4.79 Å². The van der Waals surface area contributed by atoms with Crippen molar-refractivity contribution in [2.24, 2.45) is 0 Å². The number of benzene rings is 1. The molecule has 0 aliphatic carbocycles. The van der Waals surface area contributed by atoms with E-state index in [2.05, 4.69) is 10.2 Å². The average Bonchev–Trinajstić information content (AvgIpc) is 2.46. The largest absolute Gasteiger partial charge is 0.340 e. The van der Waals surface area contributed by atoms with Gasteiger partial charge in [-0.2, -0.15) is 0 Å². The molecular weight excluding hydrogens is 262 g/mol. The lowest BCUT2D eigenvalue weighted by molar-refractivity contribution is 0.0789. The van der Waals surface area contributed by atoms with Crippen LogP contribution in [0.5, 0.6) is 0 Å². The quantitative estimate of drug-likeness (QED) is 0.861. The Morgan fingerprint density at radius 1 is 1.16 bits per heavy atom. The second kappa shape index (κ2) is 6.29. The Hall–Kier alpha value is -1.94.